The third-order valence-electron chi connectivity index (χ3n) is 4.07. The number of hydrogen-bond donors (Lipinski definition) is 0. The van der Waals surface area contributed by atoms with Crippen LogP contribution in [0, 0.1) is 5.92 Å². The summed E-state index contributed by atoms with van der Waals surface area (Å²) in [5.74, 6) is -0.913. The number of fused-ring (bicyclic) bond motifs is 1. The lowest BCUT2D eigenvalue weighted by Crippen LogP contribution is -2.51. The standard InChI is InChI=1S/C15H24O6/c1-6-7-11(18-9-17-5)15(8-16)10(2)12-13(21-15)20-14(3,4)19-12/h6,8,10-13H,1,7,9H2,2-5H3/t10-,11+,12-,13+,15+/m1/s1. The van der Waals surface area contributed by atoms with E-state index in [0.717, 1.165) is 6.29 Å². The molecule has 0 aromatic carbocycles. The second kappa shape index (κ2) is 6.14. The molecule has 0 aromatic heterocycles. The summed E-state index contributed by atoms with van der Waals surface area (Å²) in [6.07, 6.45) is 1.58. The SMILES string of the molecule is C=CC[C@H](OCOC)[C@@]1(C=O)O[C@@H]2OC(C)(C)O[C@@H]2[C@H]1C. The Morgan fingerprint density at radius 2 is 2.05 bits per heavy atom. The molecule has 21 heavy (non-hydrogen) atoms. The lowest BCUT2D eigenvalue weighted by atomic mass is 9.82. The van der Waals surface area contributed by atoms with Crippen molar-refractivity contribution in [2.45, 2.75) is 57.1 Å². The van der Waals surface area contributed by atoms with E-state index in [1.54, 1.807) is 6.08 Å². The Kier molecular flexibility index (Phi) is 4.85. The molecule has 0 aromatic rings. The molecular weight excluding hydrogens is 276 g/mol. The molecule has 5 atom stereocenters. The van der Waals surface area contributed by atoms with Crippen LogP contribution in [-0.2, 0) is 28.5 Å². The van der Waals surface area contributed by atoms with Crippen LogP contribution in [0.3, 0.4) is 0 Å². The van der Waals surface area contributed by atoms with Gasteiger partial charge in [-0.1, -0.05) is 13.0 Å². The molecule has 6 heteroatoms. The summed E-state index contributed by atoms with van der Waals surface area (Å²) in [6, 6.07) is 0. The van der Waals surface area contributed by atoms with E-state index in [9.17, 15) is 4.79 Å². The van der Waals surface area contributed by atoms with Gasteiger partial charge in [0.1, 0.15) is 19.0 Å². The fraction of sp³-hybridized carbons (Fsp3) is 0.800. The van der Waals surface area contributed by atoms with Gasteiger partial charge in [-0.05, 0) is 20.3 Å². The molecular formula is C15H24O6. The fourth-order valence-corrected chi connectivity index (χ4v) is 3.02. The van der Waals surface area contributed by atoms with E-state index < -0.39 is 23.8 Å². The van der Waals surface area contributed by atoms with Gasteiger partial charge >= 0.3 is 0 Å². The molecule has 0 amide bonds. The average Bonchev–Trinajstić information content (AvgIpc) is 2.86. The molecule has 2 rings (SSSR count). The summed E-state index contributed by atoms with van der Waals surface area (Å²) in [5, 5.41) is 0. The molecule has 0 spiro atoms. The van der Waals surface area contributed by atoms with Crippen molar-refractivity contribution >= 4 is 6.29 Å². The van der Waals surface area contributed by atoms with Gasteiger partial charge in [-0.2, -0.15) is 0 Å². The Bertz CT molecular complexity index is 396. The molecule has 2 saturated heterocycles. The van der Waals surface area contributed by atoms with Crippen LogP contribution < -0.4 is 0 Å². The summed E-state index contributed by atoms with van der Waals surface area (Å²) in [6.45, 7) is 9.35. The highest BCUT2D eigenvalue weighted by molar-refractivity contribution is 5.65. The average molecular weight is 300 g/mol. The zero-order chi connectivity index (χ0) is 15.7. The van der Waals surface area contributed by atoms with Gasteiger partial charge in [0.25, 0.3) is 0 Å². The van der Waals surface area contributed by atoms with Gasteiger partial charge < -0.3 is 28.5 Å². The van der Waals surface area contributed by atoms with Gasteiger partial charge in [-0.15, -0.1) is 6.58 Å². The minimum Gasteiger partial charge on any atom is -0.359 e. The van der Waals surface area contributed by atoms with Crippen LogP contribution in [0.2, 0.25) is 0 Å². The molecule has 0 radical (unpaired) electrons. The topological polar surface area (TPSA) is 63.2 Å². The van der Waals surface area contributed by atoms with Crippen molar-refractivity contribution in [3.05, 3.63) is 12.7 Å². The van der Waals surface area contributed by atoms with Crippen molar-refractivity contribution in [3.8, 4) is 0 Å². The molecule has 2 aliphatic heterocycles. The van der Waals surface area contributed by atoms with Gasteiger partial charge in [0.05, 0.1) is 0 Å². The van der Waals surface area contributed by atoms with Crippen LogP contribution in [0.1, 0.15) is 27.2 Å². The Balaban J connectivity index is 2.22. The van der Waals surface area contributed by atoms with Crippen LogP contribution in [0.5, 0.6) is 0 Å². The molecule has 2 fully saturated rings. The van der Waals surface area contributed by atoms with E-state index in [4.69, 9.17) is 23.7 Å². The van der Waals surface area contributed by atoms with Crippen LogP contribution in [-0.4, -0.2) is 50.1 Å². The predicted octanol–water partition coefficient (Wildman–Crippen LogP) is 1.63. The molecule has 0 bridgehead atoms. The van der Waals surface area contributed by atoms with Crippen molar-refractivity contribution in [1.29, 1.82) is 0 Å². The Morgan fingerprint density at radius 3 is 2.57 bits per heavy atom. The summed E-state index contributed by atoms with van der Waals surface area (Å²) < 4.78 is 28.1. The first kappa shape index (κ1) is 16.6. The summed E-state index contributed by atoms with van der Waals surface area (Å²) >= 11 is 0. The minimum atomic E-state index is -1.13. The minimum absolute atomic E-state index is 0.0761. The van der Waals surface area contributed by atoms with Gasteiger partial charge in [0.15, 0.2) is 24.0 Å². The Hall–Kier alpha value is -0.790. The zero-order valence-corrected chi connectivity index (χ0v) is 13.0. The van der Waals surface area contributed by atoms with Crippen molar-refractivity contribution < 1.29 is 28.5 Å². The predicted molar refractivity (Wildman–Crippen MR) is 74.4 cm³/mol. The second-order valence-corrected chi connectivity index (χ2v) is 5.93. The highest BCUT2D eigenvalue weighted by Gasteiger charge is 2.63. The lowest BCUT2D eigenvalue weighted by molar-refractivity contribution is -0.250. The van der Waals surface area contributed by atoms with E-state index in [1.165, 1.54) is 7.11 Å². The van der Waals surface area contributed by atoms with Gasteiger partial charge in [-0.25, -0.2) is 0 Å². The van der Waals surface area contributed by atoms with E-state index >= 15 is 0 Å². The summed E-state index contributed by atoms with van der Waals surface area (Å²) in [7, 11) is 1.53. The zero-order valence-electron chi connectivity index (χ0n) is 13.0. The maximum Gasteiger partial charge on any atom is 0.188 e. The smallest absolute Gasteiger partial charge is 0.188 e. The number of carbonyl (C=O) groups excluding carboxylic acids is 1. The van der Waals surface area contributed by atoms with Crippen molar-refractivity contribution in [2.24, 2.45) is 5.92 Å². The number of methoxy groups -OCH3 is 1. The van der Waals surface area contributed by atoms with E-state index in [1.807, 2.05) is 20.8 Å². The highest BCUT2D eigenvalue weighted by Crippen LogP contribution is 2.47. The van der Waals surface area contributed by atoms with Crippen LogP contribution in [0.4, 0.5) is 0 Å². The highest BCUT2D eigenvalue weighted by atomic mass is 16.8. The quantitative estimate of drug-likeness (QED) is 0.404. The van der Waals surface area contributed by atoms with E-state index in [-0.39, 0.29) is 18.8 Å². The van der Waals surface area contributed by atoms with E-state index in [2.05, 4.69) is 6.58 Å². The molecule has 0 N–H and O–H groups in total. The molecule has 2 aliphatic rings. The van der Waals surface area contributed by atoms with Crippen LogP contribution in [0.15, 0.2) is 12.7 Å². The van der Waals surface area contributed by atoms with Crippen LogP contribution in [0.25, 0.3) is 0 Å². The first-order chi connectivity index (χ1) is 9.90. The third-order valence-corrected chi connectivity index (χ3v) is 4.07. The van der Waals surface area contributed by atoms with Gasteiger partial charge in [0.2, 0.25) is 0 Å². The first-order valence-corrected chi connectivity index (χ1v) is 7.11. The number of ether oxygens (including phenoxy) is 5. The Labute approximate surface area is 125 Å². The Morgan fingerprint density at radius 1 is 1.33 bits per heavy atom. The fourth-order valence-electron chi connectivity index (χ4n) is 3.02. The lowest BCUT2D eigenvalue weighted by Gasteiger charge is -2.36. The number of aldehydes is 1. The van der Waals surface area contributed by atoms with E-state index in [0.29, 0.717) is 6.42 Å². The third kappa shape index (κ3) is 2.91. The summed E-state index contributed by atoms with van der Waals surface area (Å²) in [5.41, 5.74) is -1.13. The largest absolute Gasteiger partial charge is 0.359 e. The number of rotatable bonds is 7. The molecule has 0 aliphatic carbocycles. The summed E-state index contributed by atoms with van der Waals surface area (Å²) in [4.78, 5) is 11.8. The van der Waals surface area contributed by atoms with Crippen molar-refractivity contribution in [3.63, 3.8) is 0 Å². The number of carbonyl (C=O) groups is 1. The molecule has 120 valence electrons. The van der Waals surface area contributed by atoms with Crippen molar-refractivity contribution in [2.75, 3.05) is 13.9 Å². The van der Waals surface area contributed by atoms with Crippen molar-refractivity contribution in [1.82, 2.24) is 0 Å². The number of hydrogen-bond acceptors (Lipinski definition) is 6. The van der Waals surface area contributed by atoms with Gasteiger partial charge in [0, 0.05) is 13.0 Å². The molecule has 0 unspecified atom stereocenters. The normalized spacial score (nSPS) is 39.0. The van der Waals surface area contributed by atoms with Gasteiger partial charge in [-0.3, -0.25) is 0 Å². The second-order valence-electron chi connectivity index (χ2n) is 5.93. The maximum absolute atomic E-state index is 11.8. The molecule has 6 nitrogen and oxygen atoms in total. The molecule has 2 heterocycles. The monoisotopic (exact) mass is 300 g/mol. The maximum atomic E-state index is 11.8. The molecule has 0 saturated carbocycles. The van der Waals surface area contributed by atoms with Crippen LogP contribution >= 0.6 is 0 Å². The first-order valence-electron chi connectivity index (χ1n) is 7.11.